The maximum absolute atomic E-state index is 13.1. The lowest BCUT2D eigenvalue weighted by Crippen LogP contribution is -2.30. The second-order valence-electron chi connectivity index (χ2n) is 28.1. The zero-order valence-electron chi connectivity index (χ0n) is 68.0. The van der Waals surface area contributed by atoms with Crippen molar-refractivity contribution in [2.45, 2.75) is 367 Å². The number of ether oxygens (including phenoxy) is 4. The summed E-state index contributed by atoms with van der Waals surface area (Å²) in [7, 11) is -10.0. The third kappa shape index (κ3) is 79.3. The molecule has 0 spiro atoms. The van der Waals surface area contributed by atoms with E-state index in [4.69, 9.17) is 37.0 Å². The molecule has 108 heavy (non-hydrogen) atoms. The molecule has 3 N–H and O–H groups in total. The number of allylic oxidation sites excluding steroid dienone is 22. The van der Waals surface area contributed by atoms with E-state index in [1.54, 1.807) is 0 Å². The van der Waals surface area contributed by atoms with Crippen molar-refractivity contribution in [3.05, 3.63) is 134 Å². The third-order valence-corrected chi connectivity index (χ3v) is 19.5. The summed E-state index contributed by atoms with van der Waals surface area (Å²) in [6, 6.07) is 0. The molecule has 0 aromatic heterocycles. The summed E-state index contributed by atoms with van der Waals surface area (Å²) in [5, 5.41) is 10.7. The molecule has 620 valence electrons. The number of hydrogen-bond acceptors (Lipinski definition) is 15. The van der Waals surface area contributed by atoms with Gasteiger partial charge in [0, 0.05) is 25.7 Å². The van der Waals surface area contributed by atoms with Gasteiger partial charge in [0.2, 0.25) is 0 Å². The fraction of sp³-hybridized carbons (Fsp3) is 0.708. The third-order valence-electron chi connectivity index (χ3n) is 17.6. The van der Waals surface area contributed by atoms with Gasteiger partial charge in [-0.1, -0.05) is 328 Å². The maximum Gasteiger partial charge on any atom is 0.472 e. The molecule has 19 heteroatoms. The molecule has 0 heterocycles. The number of phosphoric acid groups is 2. The Hall–Kier alpha value is -4.80. The second kappa shape index (κ2) is 80.3. The van der Waals surface area contributed by atoms with E-state index in [-0.39, 0.29) is 25.7 Å². The summed E-state index contributed by atoms with van der Waals surface area (Å²) in [5.41, 5.74) is 0. The van der Waals surface area contributed by atoms with Gasteiger partial charge in [-0.3, -0.25) is 37.3 Å². The molecule has 0 rings (SSSR count). The summed E-state index contributed by atoms with van der Waals surface area (Å²) in [6.07, 6.45) is 91.6. The normalized spacial score (nSPS) is 14.5. The predicted molar refractivity (Wildman–Crippen MR) is 445 cm³/mol. The van der Waals surface area contributed by atoms with Crippen molar-refractivity contribution in [1.82, 2.24) is 0 Å². The van der Waals surface area contributed by atoms with E-state index in [9.17, 15) is 43.2 Å². The van der Waals surface area contributed by atoms with Crippen LogP contribution in [0, 0.1) is 0 Å². The van der Waals surface area contributed by atoms with Crippen LogP contribution in [0.1, 0.15) is 349 Å². The van der Waals surface area contributed by atoms with Crippen molar-refractivity contribution in [1.29, 1.82) is 0 Å². The van der Waals surface area contributed by atoms with E-state index in [2.05, 4.69) is 125 Å². The first kappa shape index (κ1) is 103. The van der Waals surface area contributed by atoms with Crippen LogP contribution in [0.4, 0.5) is 0 Å². The van der Waals surface area contributed by atoms with E-state index in [0.29, 0.717) is 38.5 Å². The van der Waals surface area contributed by atoms with Crippen LogP contribution in [-0.2, 0) is 65.4 Å². The molecule has 0 radical (unpaired) electrons. The molecule has 0 aromatic carbocycles. The van der Waals surface area contributed by atoms with Crippen molar-refractivity contribution >= 4 is 39.5 Å². The molecule has 0 fully saturated rings. The van der Waals surface area contributed by atoms with Gasteiger partial charge < -0.3 is 33.8 Å². The van der Waals surface area contributed by atoms with Gasteiger partial charge >= 0.3 is 39.5 Å². The van der Waals surface area contributed by atoms with Crippen molar-refractivity contribution in [2.24, 2.45) is 0 Å². The second-order valence-corrected chi connectivity index (χ2v) is 31.0. The average molecular weight is 1560 g/mol. The van der Waals surface area contributed by atoms with Crippen molar-refractivity contribution in [2.75, 3.05) is 39.6 Å². The predicted octanol–water partition coefficient (Wildman–Crippen LogP) is 25.2. The van der Waals surface area contributed by atoms with Crippen LogP contribution >= 0.6 is 15.6 Å². The van der Waals surface area contributed by atoms with Gasteiger partial charge in [0.1, 0.15) is 19.3 Å². The Labute approximate surface area is 656 Å². The van der Waals surface area contributed by atoms with E-state index >= 15 is 0 Å². The molecule has 0 aliphatic heterocycles. The number of aliphatic hydroxyl groups is 1. The highest BCUT2D eigenvalue weighted by atomic mass is 31.2. The van der Waals surface area contributed by atoms with Crippen LogP contribution in [0.2, 0.25) is 0 Å². The van der Waals surface area contributed by atoms with Crippen molar-refractivity contribution in [3.8, 4) is 0 Å². The average Bonchev–Trinajstić information content (AvgIpc) is 0.896. The Bertz CT molecular complexity index is 2560. The fourth-order valence-corrected chi connectivity index (χ4v) is 12.7. The first-order valence-corrected chi connectivity index (χ1v) is 45.4. The first-order chi connectivity index (χ1) is 52.7. The Morgan fingerprint density at radius 3 is 0.796 bits per heavy atom. The lowest BCUT2D eigenvalue weighted by atomic mass is 10.0. The summed E-state index contributed by atoms with van der Waals surface area (Å²) in [5.74, 6) is -2.37. The number of rotatable bonds is 79. The summed E-state index contributed by atoms with van der Waals surface area (Å²) >= 11 is 0. The number of hydrogen-bond donors (Lipinski definition) is 3. The van der Waals surface area contributed by atoms with E-state index < -0.39 is 97.5 Å². The minimum absolute atomic E-state index is 0.0195. The number of carbonyl (C=O) groups excluding carboxylic acids is 4. The highest BCUT2D eigenvalue weighted by Gasteiger charge is 2.30. The molecule has 0 amide bonds. The Kier molecular flexibility index (Phi) is 76.7. The van der Waals surface area contributed by atoms with Gasteiger partial charge in [0.05, 0.1) is 26.4 Å². The van der Waals surface area contributed by atoms with Crippen LogP contribution in [0.25, 0.3) is 0 Å². The lowest BCUT2D eigenvalue weighted by molar-refractivity contribution is -0.161. The van der Waals surface area contributed by atoms with E-state index in [0.717, 1.165) is 109 Å². The topological polar surface area (TPSA) is 237 Å². The Morgan fingerprint density at radius 2 is 0.472 bits per heavy atom. The minimum atomic E-state index is -5.02. The molecule has 2 unspecified atom stereocenters. The molecule has 0 saturated carbocycles. The zero-order chi connectivity index (χ0) is 78.9. The first-order valence-electron chi connectivity index (χ1n) is 42.4. The summed E-state index contributed by atoms with van der Waals surface area (Å²) in [4.78, 5) is 73.1. The monoisotopic (exact) mass is 1560 g/mol. The minimum Gasteiger partial charge on any atom is -0.462 e. The molecule has 0 bridgehead atoms. The smallest absolute Gasteiger partial charge is 0.462 e. The standard InChI is InChI=1S/C89H152O17P2/c1-5-9-13-17-21-25-29-33-37-39-41-43-47-50-54-58-62-66-70-74-87(92)100-80-85(106-89(94)76-72-68-64-60-56-52-48-44-42-40-38-34-30-26-22-18-14-10-6-2)82-104-108(97,98)102-78-83(90)77-101-107(95,96)103-81-84(105-88(93)75-71-67-63-59-55-51-46-36-32-28-24-20-16-12-8-4)79-99-86(91)73-69-65-61-57-53-49-45-35-31-27-23-19-15-11-7-3/h21-22,25-26,33-34,36-38,41-44,46,50,52,54,56,62,64,66,68,83-85,90H,5-20,23-24,27-32,35,39-40,45,47-49,51,53,55,57-61,63,65,67,69-82H2,1-4H3,(H,95,96)(H,97,98)/b25-21-,26-22-,37-33-,38-34-,43-41-,44-42-,46-36-,54-50-,56-52-,66-62-,68-64-/t83-,84+,85+/m0/s1. The van der Waals surface area contributed by atoms with Gasteiger partial charge in [-0.15, -0.1) is 0 Å². The Morgan fingerprint density at radius 1 is 0.259 bits per heavy atom. The van der Waals surface area contributed by atoms with Crippen LogP contribution in [-0.4, -0.2) is 96.7 Å². The van der Waals surface area contributed by atoms with Gasteiger partial charge in [0.25, 0.3) is 0 Å². The van der Waals surface area contributed by atoms with Crippen LogP contribution < -0.4 is 0 Å². The van der Waals surface area contributed by atoms with Gasteiger partial charge in [-0.2, -0.15) is 0 Å². The largest absolute Gasteiger partial charge is 0.472 e. The van der Waals surface area contributed by atoms with Crippen LogP contribution in [0.15, 0.2) is 134 Å². The molecule has 0 aliphatic rings. The number of phosphoric ester groups is 2. The van der Waals surface area contributed by atoms with Crippen molar-refractivity contribution < 1.29 is 80.2 Å². The fourth-order valence-electron chi connectivity index (χ4n) is 11.1. The van der Waals surface area contributed by atoms with E-state index in [1.165, 1.54) is 148 Å². The van der Waals surface area contributed by atoms with Crippen molar-refractivity contribution in [3.63, 3.8) is 0 Å². The summed E-state index contributed by atoms with van der Waals surface area (Å²) < 4.78 is 68.6. The number of carbonyl (C=O) groups is 4. The maximum atomic E-state index is 13.1. The van der Waals surface area contributed by atoms with Crippen LogP contribution in [0.3, 0.4) is 0 Å². The number of aliphatic hydroxyl groups excluding tert-OH is 1. The molecule has 0 aromatic rings. The molecule has 17 nitrogen and oxygen atoms in total. The molecular formula is C89H152O17P2. The van der Waals surface area contributed by atoms with E-state index in [1.807, 2.05) is 36.5 Å². The lowest BCUT2D eigenvalue weighted by Gasteiger charge is -2.21. The number of unbranched alkanes of at least 4 members (excludes halogenated alkanes) is 31. The molecule has 5 atom stereocenters. The SMILES string of the molecule is CCCCC/C=C\C/C=C\C/C=C\C/C=C\C/C=C\CCC(=O)OC[C@H](COP(=O)(O)OC[C@@H](O)COP(=O)(O)OC[C@@H](COC(=O)CCCCCCCCCCCCCCCCC)OC(=O)CCCCCCC/C=C\CCCCCCCC)OC(=O)CC/C=C\C/C=C\C/C=C\C/C=C\C/C=C\CCCCC. The summed E-state index contributed by atoms with van der Waals surface area (Å²) in [6.45, 7) is 4.68. The molecule has 0 aliphatic carbocycles. The van der Waals surface area contributed by atoms with Gasteiger partial charge in [-0.25, -0.2) is 9.13 Å². The number of esters is 4. The highest BCUT2D eigenvalue weighted by molar-refractivity contribution is 7.47. The molecular weight excluding hydrogens is 1400 g/mol. The van der Waals surface area contributed by atoms with Gasteiger partial charge in [-0.05, 0) is 128 Å². The zero-order valence-corrected chi connectivity index (χ0v) is 69.8. The van der Waals surface area contributed by atoms with Gasteiger partial charge in [0.15, 0.2) is 12.2 Å². The highest BCUT2D eigenvalue weighted by Crippen LogP contribution is 2.45. The Balaban J connectivity index is 5.51. The van der Waals surface area contributed by atoms with Crippen LogP contribution in [0.5, 0.6) is 0 Å². The molecule has 0 saturated heterocycles. The quantitative estimate of drug-likeness (QED) is 0.0169.